The summed E-state index contributed by atoms with van der Waals surface area (Å²) in [5.74, 6) is 0.864. The second kappa shape index (κ2) is 6.85. The first-order chi connectivity index (χ1) is 10.4. The van der Waals surface area contributed by atoms with Crippen LogP contribution < -0.4 is 5.73 Å². The van der Waals surface area contributed by atoms with Gasteiger partial charge in [-0.05, 0) is 30.9 Å². The molecule has 1 heterocycles. The average molecular weight is 284 g/mol. The minimum absolute atomic E-state index is 0.465. The Morgan fingerprint density at radius 2 is 1.86 bits per heavy atom. The van der Waals surface area contributed by atoms with Crippen molar-refractivity contribution >= 4 is 0 Å². The zero-order valence-corrected chi connectivity index (χ0v) is 12.5. The highest BCUT2D eigenvalue weighted by Crippen LogP contribution is 2.28. The van der Waals surface area contributed by atoms with E-state index in [0.29, 0.717) is 6.54 Å². The van der Waals surface area contributed by atoms with Crippen LogP contribution in [-0.4, -0.2) is 15.0 Å². The molecule has 0 radical (unpaired) electrons. The Morgan fingerprint density at radius 1 is 1.10 bits per heavy atom. The minimum Gasteiger partial charge on any atom is -0.325 e. The predicted molar refractivity (Wildman–Crippen MR) is 84.1 cm³/mol. The van der Waals surface area contributed by atoms with Gasteiger partial charge in [-0.3, -0.25) is 0 Å². The lowest BCUT2D eigenvalue weighted by Crippen LogP contribution is -2.11. The number of para-hydroxylation sites is 1. The van der Waals surface area contributed by atoms with Gasteiger partial charge >= 0.3 is 0 Å². The van der Waals surface area contributed by atoms with E-state index in [2.05, 4.69) is 22.4 Å². The molecule has 3 rings (SSSR count). The van der Waals surface area contributed by atoms with Gasteiger partial charge in [0.2, 0.25) is 0 Å². The Balaban J connectivity index is 1.77. The molecule has 1 fully saturated rings. The molecule has 1 aromatic heterocycles. The van der Waals surface area contributed by atoms with Crippen LogP contribution in [0.3, 0.4) is 0 Å². The van der Waals surface area contributed by atoms with Crippen LogP contribution >= 0.6 is 0 Å². The van der Waals surface area contributed by atoms with E-state index in [9.17, 15) is 0 Å². The molecule has 0 atom stereocenters. The molecule has 4 heteroatoms. The molecule has 0 amide bonds. The lowest BCUT2D eigenvalue weighted by atomic mass is 9.85. The van der Waals surface area contributed by atoms with Crippen molar-refractivity contribution in [3.8, 4) is 5.69 Å². The summed E-state index contributed by atoms with van der Waals surface area (Å²) >= 11 is 0. The van der Waals surface area contributed by atoms with Crippen molar-refractivity contribution in [3.05, 3.63) is 41.7 Å². The van der Waals surface area contributed by atoms with Crippen molar-refractivity contribution in [3.63, 3.8) is 0 Å². The number of aromatic nitrogens is 3. The van der Waals surface area contributed by atoms with Gasteiger partial charge in [0, 0.05) is 6.54 Å². The van der Waals surface area contributed by atoms with Crippen molar-refractivity contribution < 1.29 is 0 Å². The Hall–Kier alpha value is -1.68. The summed E-state index contributed by atoms with van der Waals surface area (Å²) < 4.78 is 1.96. The number of nitrogens with two attached hydrogens (primary N) is 1. The minimum atomic E-state index is 0.465. The summed E-state index contributed by atoms with van der Waals surface area (Å²) in [6.07, 6.45) is 9.21. The van der Waals surface area contributed by atoms with Crippen LogP contribution in [0.4, 0.5) is 0 Å². The number of rotatable bonds is 5. The second-order valence-corrected chi connectivity index (χ2v) is 5.98. The van der Waals surface area contributed by atoms with E-state index < -0.39 is 0 Å². The highest BCUT2D eigenvalue weighted by molar-refractivity contribution is 5.33. The molecule has 1 saturated carbocycles. The molecule has 0 saturated heterocycles. The van der Waals surface area contributed by atoms with E-state index >= 15 is 0 Å². The van der Waals surface area contributed by atoms with Crippen LogP contribution in [0.1, 0.15) is 49.9 Å². The topological polar surface area (TPSA) is 56.7 Å². The zero-order chi connectivity index (χ0) is 14.5. The molecule has 1 aliphatic carbocycles. The number of benzene rings is 1. The normalized spacial score (nSPS) is 16.2. The maximum Gasteiger partial charge on any atom is 0.0999 e. The third kappa shape index (κ3) is 3.32. The molecule has 1 aliphatic rings. The first kappa shape index (κ1) is 14.3. The Bertz CT molecular complexity index is 555. The molecular weight excluding hydrogens is 260 g/mol. The first-order valence-corrected chi connectivity index (χ1v) is 8.07. The van der Waals surface area contributed by atoms with Gasteiger partial charge in [-0.25, -0.2) is 4.68 Å². The van der Waals surface area contributed by atoms with E-state index in [0.717, 1.165) is 23.7 Å². The maximum absolute atomic E-state index is 5.83. The van der Waals surface area contributed by atoms with Crippen molar-refractivity contribution in [2.75, 3.05) is 0 Å². The third-order valence-corrected chi connectivity index (χ3v) is 4.55. The predicted octanol–water partition coefficient (Wildman–Crippen LogP) is 3.24. The summed E-state index contributed by atoms with van der Waals surface area (Å²) in [4.78, 5) is 0. The summed E-state index contributed by atoms with van der Waals surface area (Å²) in [5, 5.41) is 8.57. The first-order valence-electron chi connectivity index (χ1n) is 8.07. The van der Waals surface area contributed by atoms with Gasteiger partial charge in [-0.15, -0.1) is 5.10 Å². The van der Waals surface area contributed by atoms with Crippen molar-refractivity contribution in [2.45, 2.75) is 51.5 Å². The molecular formula is C17H24N4. The molecule has 1 aromatic carbocycles. The van der Waals surface area contributed by atoms with Crippen LogP contribution in [0.2, 0.25) is 0 Å². The quantitative estimate of drug-likeness (QED) is 0.917. The Morgan fingerprint density at radius 3 is 2.57 bits per heavy atom. The van der Waals surface area contributed by atoms with Gasteiger partial charge in [0.05, 0.1) is 17.1 Å². The van der Waals surface area contributed by atoms with E-state index in [4.69, 9.17) is 5.73 Å². The molecule has 2 aromatic rings. The highest BCUT2D eigenvalue weighted by atomic mass is 15.4. The van der Waals surface area contributed by atoms with Crippen LogP contribution in [0.15, 0.2) is 30.3 Å². The fourth-order valence-corrected chi connectivity index (χ4v) is 3.33. The average Bonchev–Trinajstić information content (AvgIpc) is 2.97. The molecule has 112 valence electrons. The maximum atomic E-state index is 5.83. The molecule has 0 unspecified atom stereocenters. The van der Waals surface area contributed by atoms with Gasteiger partial charge in [0.15, 0.2) is 0 Å². The van der Waals surface area contributed by atoms with Gasteiger partial charge < -0.3 is 5.73 Å². The second-order valence-electron chi connectivity index (χ2n) is 5.98. The Labute approximate surface area is 126 Å². The van der Waals surface area contributed by atoms with Gasteiger partial charge in [-0.2, -0.15) is 0 Å². The van der Waals surface area contributed by atoms with Crippen molar-refractivity contribution in [2.24, 2.45) is 11.7 Å². The lowest BCUT2D eigenvalue weighted by molar-refractivity contribution is 0.337. The van der Waals surface area contributed by atoms with E-state index in [1.807, 2.05) is 22.9 Å². The molecule has 2 N–H and O–H groups in total. The zero-order valence-electron chi connectivity index (χ0n) is 12.5. The highest BCUT2D eigenvalue weighted by Gasteiger charge is 2.17. The summed E-state index contributed by atoms with van der Waals surface area (Å²) in [6.45, 7) is 0.465. The van der Waals surface area contributed by atoms with Crippen molar-refractivity contribution in [1.82, 2.24) is 15.0 Å². The van der Waals surface area contributed by atoms with Crippen LogP contribution in [-0.2, 0) is 13.0 Å². The smallest absolute Gasteiger partial charge is 0.0999 e. The van der Waals surface area contributed by atoms with Gasteiger partial charge in [0.1, 0.15) is 0 Å². The van der Waals surface area contributed by atoms with Crippen molar-refractivity contribution in [1.29, 1.82) is 0 Å². The number of hydrogen-bond acceptors (Lipinski definition) is 3. The summed E-state index contributed by atoms with van der Waals surface area (Å²) in [5.41, 5.74) is 9.04. The molecule has 0 bridgehead atoms. The van der Waals surface area contributed by atoms with Crippen LogP contribution in [0, 0.1) is 5.92 Å². The van der Waals surface area contributed by atoms with Gasteiger partial charge in [-0.1, -0.05) is 55.5 Å². The molecule has 21 heavy (non-hydrogen) atoms. The molecule has 4 nitrogen and oxygen atoms in total. The molecule has 0 spiro atoms. The number of hydrogen-bond donors (Lipinski definition) is 1. The lowest BCUT2D eigenvalue weighted by Gasteiger charge is -2.21. The third-order valence-electron chi connectivity index (χ3n) is 4.55. The van der Waals surface area contributed by atoms with E-state index in [1.165, 1.54) is 44.2 Å². The van der Waals surface area contributed by atoms with E-state index in [1.54, 1.807) is 0 Å². The van der Waals surface area contributed by atoms with Crippen LogP contribution in [0.5, 0.6) is 0 Å². The van der Waals surface area contributed by atoms with Crippen LogP contribution in [0.25, 0.3) is 5.69 Å². The molecule has 0 aliphatic heterocycles. The fourth-order valence-electron chi connectivity index (χ4n) is 3.33. The number of nitrogens with zero attached hydrogens (tertiary/aromatic N) is 3. The van der Waals surface area contributed by atoms with E-state index in [-0.39, 0.29) is 0 Å². The van der Waals surface area contributed by atoms with Gasteiger partial charge in [0.25, 0.3) is 0 Å². The monoisotopic (exact) mass is 284 g/mol. The summed E-state index contributed by atoms with van der Waals surface area (Å²) in [6, 6.07) is 10.2. The standard InChI is InChI=1S/C17H24N4/c18-13-16-17(12-11-14-7-3-1-4-8-14)21(20-19-16)15-9-5-2-6-10-15/h2,5-6,9-10,14H,1,3-4,7-8,11-13,18H2. The fraction of sp³-hybridized carbons (Fsp3) is 0.529. The Kier molecular flexibility index (Phi) is 4.65. The summed E-state index contributed by atoms with van der Waals surface area (Å²) in [7, 11) is 0. The largest absolute Gasteiger partial charge is 0.325 e. The SMILES string of the molecule is NCc1nnn(-c2ccccc2)c1CCC1CCCCC1.